The van der Waals surface area contributed by atoms with Gasteiger partial charge in [0.25, 0.3) is 6.43 Å². The lowest BCUT2D eigenvalue weighted by molar-refractivity contribution is 0.141. The van der Waals surface area contributed by atoms with Crippen molar-refractivity contribution in [3.63, 3.8) is 0 Å². The largest absolute Gasteiger partial charge is 0.322 e. The SMILES string of the molecule is Cn1ncc(NC(=O)N2CCN(CCS(N)(=O)=O)CC2)c1C(F)F. The normalized spacial score (nSPS) is 16.6. The molecule has 2 rings (SSSR count). The maximum atomic E-state index is 13.0. The Morgan fingerprint density at radius 1 is 1.38 bits per heavy atom. The number of sulfonamides is 1. The van der Waals surface area contributed by atoms with Crippen LogP contribution in [0.2, 0.25) is 0 Å². The summed E-state index contributed by atoms with van der Waals surface area (Å²) >= 11 is 0. The zero-order valence-corrected chi connectivity index (χ0v) is 14.0. The molecule has 2 amide bonds. The second-order valence-corrected chi connectivity index (χ2v) is 7.23. The number of halogens is 2. The van der Waals surface area contributed by atoms with Crippen LogP contribution in [0.4, 0.5) is 19.3 Å². The summed E-state index contributed by atoms with van der Waals surface area (Å²) in [6, 6.07) is -0.490. The fourth-order valence-electron chi connectivity index (χ4n) is 2.43. The van der Waals surface area contributed by atoms with Crippen molar-refractivity contribution >= 4 is 21.7 Å². The minimum absolute atomic E-state index is 0.0193. The van der Waals surface area contributed by atoms with E-state index in [1.54, 1.807) is 0 Å². The second-order valence-electron chi connectivity index (χ2n) is 5.49. The summed E-state index contributed by atoms with van der Waals surface area (Å²) < 4.78 is 48.8. The van der Waals surface area contributed by atoms with Crippen LogP contribution in [0.3, 0.4) is 0 Å². The summed E-state index contributed by atoms with van der Waals surface area (Å²) in [7, 11) is -2.14. The first-order chi connectivity index (χ1) is 11.2. The molecule has 0 unspecified atom stereocenters. The molecule has 1 aliphatic heterocycles. The zero-order valence-electron chi connectivity index (χ0n) is 13.2. The molecule has 0 atom stereocenters. The van der Waals surface area contributed by atoms with Gasteiger partial charge in [-0.05, 0) is 0 Å². The molecule has 136 valence electrons. The van der Waals surface area contributed by atoms with Gasteiger partial charge in [0.1, 0.15) is 5.69 Å². The molecule has 1 fully saturated rings. The Kier molecular flexibility index (Phi) is 5.72. The number of aryl methyl sites for hydroxylation is 1. The first kappa shape index (κ1) is 18.5. The molecule has 9 nitrogen and oxygen atoms in total. The third kappa shape index (κ3) is 4.85. The van der Waals surface area contributed by atoms with Gasteiger partial charge in [-0.3, -0.25) is 9.58 Å². The van der Waals surface area contributed by atoms with Crippen molar-refractivity contribution in [2.45, 2.75) is 6.43 Å². The average Bonchev–Trinajstić information content (AvgIpc) is 2.85. The molecule has 2 heterocycles. The van der Waals surface area contributed by atoms with E-state index in [2.05, 4.69) is 10.4 Å². The molecule has 12 heteroatoms. The highest BCUT2D eigenvalue weighted by Crippen LogP contribution is 2.26. The third-order valence-corrected chi connectivity index (χ3v) is 4.54. The number of aromatic nitrogens is 2. The van der Waals surface area contributed by atoms with Gasteiger partial charge in [-0.25, -0.2) is 27.1 Å². The van der Waals surface area contributed by atoms with Gasteiger partial charge in [-0.1, -0.05) is 0 Å². The molecule has 0 aliphatic carbocycles. The maximum absolute atomic E-state index is 13.0. The van der Waals surface area contributed by atoms with Crippen LogP contribution in [0.5, 0.6) is 0 Å². The lowest BCUT2D eigenvalue weighted by atomic mass is 10.3. The molecule has 0 bridgehead atoms. The Balaban J connectivity index is 1.87. The average molecular weight is 366 g/mol. The summed E-state index contributed by atoms with van der Waals surface area (Å²) in [6.07, 6.45) is -1.57. The van der Waals surface area contributed by atoms with Crippen LogP contribution in [0.25, 0.3) is 0 Å². The molecule has 0 saturated carbocycles. The number of amides is 2. The number of rotatable bonds is 5. The van der Waals surface area contributed by atoms with Crippen LogP contribution >= 0.6 is 0 Å². The molecule has 1 aliphatic rings. The summed E-state index contributed by atoms with van der Waals surface area (Å²) in [5, 5.41) is 11.1. The number of carbonyl (C=O) groups excluding carboxylic acids is 1. The number of anilines is 1. The lowest BCUT2D eigenvalue weighted by Gasteiger charge is -2.34. The lowest BCUT2D eigenvalue weighted by Crippen LogP contribution is -2.51. The Bertz CT molecular complexity index is 685. The third-order valence-electron chi connectivity index (χ3n) is 3.78. The van der Waals surface area contributed by atoms with Gasteiger partial charge in [0.05, 0.1) is 17.6 Å². The van der Waals surface area contributed by atoms with E-state index >= 15 is 0 Å². The van der Waals surface area contributed by atoms with Gasteiger partial charge in [0.2, 0.25) is 10.0 Å². The summed E-state index contributed by atoms with van der Waals surface area (Å²) in [4.78, 5) is 15.5. The minimum Gasteiger partial charge on any atom is -0.322 e. The summed E-state index contributed by atoms with van der Waals surface area (Å²) in [5.41, 5.74) is -0.371. The first-order valence-corrected chi connectivity index (χ1v) is 8.97. The van der Waals surface area contributed by atoms with E-state index in [-0.39, 0.29) is 17.1 Å². The van der Waals surface area contributed by atoms with Crippen LogP contribution in [0, 0.1) is 0 Å². The topological polar surface area (TPSA) is 114 Å². The van der Waals surface area contributed by atoms with E-state index in [4.69, 9.17) is 5.14 Å². The van der Waals surface area contributed by atoms with Gasteiger partial charge in [-0.15, -0.1) is 0 Å². The number of carbonyl (C=O) groups is 1. The Labute approximate surface area is 138 Å². The molecule has 0 spiro atoms. The molecule has 3 N–H and O–H groups in total. The summed E-state index contributed by atoms with van der Waals surface area (Å²) in [5.74, 6) is -0.146. The Morgan fingerprint density at radius 3 is 2.54 bits per heavy atom. The van der Waals surface area contributed by atoms with Crippen molar-refractivity contribution < 1.29 is 22.0 Å². The first-order valence-electron chi connectivity index (χ1n) is 7.26. The van der Waals surface area contributed by atoms with E-state index in [1.165, 1.54) is 18.1 Å². The van der Waals surface area contributed by atoms with Gasteiger partial charge in [0.15, 0.2) is 0 Å². The van der Waals surface area contributed by atoms with E-state index in [0.29, 0.717) is 32.7 Å². The van der Waals surface area contributed by atoms with Crippen molar-refractivity contribution in [1.82, 2.24) is 19.6 Å². The molecule has 1 aromatic rings. The number of nitrogens with one attached hydrogen (secondary N) is 1. The number of alkyl halides is 2. The Hall–Kier alpha value is -1.79. The predicted octanol–water partition coefficient (Wildman–Crippen LogP) is -0.204. The highest BCUT2D eigenvalue weighted by Gasteiger charge is 2.25. The molecule has 0 aromatic carbocycles. The fourth-order valence-corrected chi connectivity index (χ4v) is 2.94. The number of hydrogen-bond donors (Lipinski definition) is 2. The van der Waals surface area contributed by atoms with E-state index in [0.717, 1.165) is 4.68 Å². The van der Waals surface area contributed by atoms with Crippen LogP contribution < -0.4 is 10.5 Å². The quantitative estimate of drug-likeness (QED) is 0.749. The Morgan fingerprint density at radius 2 is 2.00 bits per heavy atom. The number of hydrogen-bond acceptors (Lipinski definition) is 5. The highest BCUT2D eigenvalue weighted by molar-refractivity contribution is 7.89. The number of primary sulfonamides is 1. The highest BCUT2D eigenvalue weighted by atomic mass is 32.2. The molecule has 1 aromatic heterocycles. The fraction of sp³-hybridized carbons (Fsp3) is 0.667. The van der Waals surface area contributed by atoms with Crippen molar-refractivity contribution in [3.8, 4) is 0 Å². The van der Waals surface area contributed by atoms with Gasteiger partial charge < -0.3 is 10.2 Å². The standard InChI is InChI=1S/C12H20F2N6O3S/c1-18-10(11(13)14)9(8-16-18)17-12(21)20-4-2-19(3-5-20)6-7-24(15,22)23/h8,11H,2-7H2,1H3,(H,17,21)(H2,15,22,23). The van der Waals surface area contributed by atoms with Crippen molar-refractivity contribution in [3.05, 3.63) is 11.9 Å². The number of piperazine rings is 1. The van der Waals surface area contributed by atoms with Crippen molar-refractivity contribution in [1.29, 1.82) is 0 Å². The summed E-state index contributed by atoms with van der Waals surface area (Å²) in [6.45, 7) is 1.99. The van der Waals surface area contributed by atoms with E-state index in [1.807, 2.05) is 4.90 Å². The smallest absolute Gasteiger partial charge is 0.322 e. The molecular weight excluding hydrogens is 346 g/mol. The van der Waals surface area contributed by atoms with Gasteiger partial charge in [0, 0.05) is 39.8 Å². The minimum atomic E-state index is -3.52. The molecule has 0 radical (unpaired) electrons. The van der Waals surface area contributed by atoms with E-state index in [9.17, 15) is 22.0 Å². The number of nitrogens with zero attached hydrogens (tertiary/aromatic N) is 4. The van der Waals surface area contributed by atoms with Crippen molar-refractivity contribution in [2.24, 2.45) is 12.2 Å². The van der Waals surface area contributed by atoms with Gasteiger partial charge >= 0.3 is 6.03 Å². The van der Waals surface area contributed by atoms with E-state index < -0.39 is 22.5 Å². The monoisotopic (exact) mass is 366 g/mol. The second kappa shape index (κ2) is 7.40. The zero-order chi connectivity index (χ0) is 17.9. The molecule has 1 saturated heterocycles. The van der Waals surface area contributed by atoms with Crippen LogP contribution in [-0.2, 0) is 17.1 Å². The van der Waals surface area contributed by atoms with Crippen LogP contribution in [0.15, 0.2) is 6.20 Å². The van der Waals surface area contributed by atoms with Crippen molar-refractivity contribution in [2.75, 3.05) is 43.8 Å². The molecule has 24 heavy (non-hydrogen) atoms. The predicted molar refractivity (Wildman–Crippen MR) is 83.2 cm³/mol. The number of urea groups is 1. The molecular formula is C12H20F2N6O3S. The maximum Gasteiger partial charge on any atom is 0.322 e. The number of nitrogens with two attached hydrogens (primary N) is 1. The van der Waals surface area contributed by atoms with Gasteiger partial charge in [-0.2, -0.15) is 5.10 Å². The van der Waals surface area contributed by atoms with Crippen LogP contribution in [-0.4, -0.2) is 72.5 Å². The van der Waals surface area contributed by atoms with Crippen LogP contribution in [0.1, 0.15) is 12.1 Å².